The molecule has 1 saturated heterocycles. The summed E-state index contributed by atoms with van der Waals surface area (Å²) in [5.74, 6) is 0. The lowest BCUT2D eigenvalue weighted by molar-refractivity contribution is 0.0214. The van der Waals surface area contributed by atoms with Crippen molar-refractivity contribution < 1.29 is 4.74 Å². The van der Waals surface area contributed by atoms with E-state index >= 15 is 0 Å². The normalized spacial score (nSPS) is 22.3. The zero-order chi connectivity index (χ0) is 12.2. The second-order valence-electron chi connectivity index (χ2n) is 5.54. The van der Waals surface area contributed by atoms with Crippen LogP contribution in [0.5, 0.6) is 0 Å². The van der Waals surface area contributed by atoms with Crippen LogP contribution in [-0.2, 0) is 4.74 Å². The van der Waals surface area contributed by atoms with Crippen LogP contribution < -0.4 is 5.73 Å². The van der Waals surface area contributed by atoms with Gasteiger partial charge in [0, 0.05) is 51.4 Å². The minimum Gasteiger partial charge on any atom is -0.383 e. The highest BCUT2D eigenvalue weighted by Gasteiger charge is 2.28. The number of nitrogens with two attached hydrogens (primary N) is 1. The van der Waals surface area contributed by atoms with Crippen LogP contribution >= 0.6 is 0 Å². The Balaban J connectivity index is 2.41. The van der Waals surface area contributed by atoms with Gasteiger partial charge in [0.15, 0.2) is 0 Å². The number of methoxy groups -OCH3 is 1. The van der Waals surface area contributed by atoms with Crippen LogP contribution in [0.2, 0.25) is 0 Å². The highest BCUT2D eigenvalue weighted by Crippen LogP contribution is 2.16. The Bertz CT molecular complexity index is 195. The molecule has 1 aliphatic heterocycles. The Morgan fingerprint density at radius 1 is 1.19 bits per heavy atom. The Morgan fingerprint density at radius 2 is 1.75 bits per heavy atom. The third kappa shape index (κ3) is 3.70. The summed E-state index contributed by atoms with van der Waals surface area (Å²) in [6, 6.07) is 0.382. The Hall–Kier alpha value is -0.160. The predicted octanol–water partition coefficient (Wildman–Crippen LogP) is 0.376. The molecule has 0 aliphatic carbocycles. The fraction of sp³-hybridized carbons (Fsp3) is 1.00. The molecule has 1 heterocycles. The summed E-state index contributed by atoms with van der Waals surface area (Å²) in [7, 11) is 1.74. The molecule has 0 aromatic rings. The molecule has 0 aromatic carbocycles. The maximum atomic E-state index is 5.77. The van der Waals surface area contributed by atoms with Gasteiger partial charge in [-0.05, 0) is 20.8 Å². The molecule has 0 spiro atoms. The lowest BCUT2D eigenvalue weighted by Crippen LogP contribution is -2.57. The molecule has 1 unspecified atom stereocenters. The van der Waals surface area contributed by atoms with E-state index in [9.17, 15) is 0 Å². The van der Waals surface area contributed by atoms with E-state index in [1.165, 1.54) is 0 Å². The lowest BCUT2D eigenvalue weighted by atomic mass is 10.0. The van der Waals surface area contributed by atoms with Gasteiger partial charge in [0.1, 0.15) is 0 Å². The second kappa shape index (κ2) is 5.96. The fourth-order valence-electron chi connectivity index (χ4n) is 2.27. The molecule has 0 amide bonds. The molecular weight excluding hydrogens is 202 g/mol. The van der Waals surface area contributed by atoms with Crippen LogP contribution in [-0.4, -0.2) is 67.8 Å². The third-order valence-electron chi connectivity index (χ3n) is 3.41. The molecule has 2 N–H and O–H groups in total. The first kappa shape index (κ1) is 13.9. The van der Waals surface area contributed by atoms with Gasteiger partial charge < -0.3 is 10.5 Å². The van der Waals surface area contributed by atoms with Gasteiger partial charge in [0.05, 0.1) is 6.61 Å². The first-order valence-electron chi connectivity index (χ1n) is 6.17. The summed E-state index contributed by atoms with van der Waals surface area (Å²) in [5.41, 5.74) is 6.06. The maximum absolute atomic E-state index is 5.77. The number of rotatable bonds is 4. The van der Waals surface area contributed by atoms with E-state index in [2.05, 4.69) is 30.6 Å². The third-order valence-corrected chi connectivity index (χ3v) is 3.41. The molecule has 4 nitrogen and oxygen atoms in total. The zero-order valence-electron chi connectivity index (χ0n) is 11.2. The van der Waals surface area contributed by atoms with Crippen molar-refractivity contribution in [1.29, 1.82) is 0 Å². The van der Waals surface area contributed by atoms with Gasteiger partial charge in [-0.1, -0.05) is 0 Å². The number of ether oxygens (including phenoxy) is 1. The molecule has 1 aliphatic rings. The summed E-state index contributed by atoms with van der Waals surface area (Å²) in [6.07, 6.45) is 0. The average molecular weight is 229 g/mol. The van der Waals surface area contributed by atoms with Crippen molar-refractivity contribution in [2.24, 2.45) is 5.73 Å². The van der Waals surface area contributed by atoms with Crippen LogP contribution in [0.15, 0.2) is 0 Å². The van der Waals surface area contributed by atoms with Crippen LogP contribution in [0.1, 0.15) is 20.8 Å². The van der Waals surface area contributed by atoms with E-state index in [0.717, 1.165) is 32.8 Å². The van der Waals surface area contributed by atoms with Crippen molar-refractivity contribution in [2.75, 3.05) is 46.4 Å². The largest absolute Gasteiger partial charge is 0.383 e. The monoisotopic (exact) mass is 229 g/mol. The van der Waals surface area contributed by atoms with Crippen molar-refractivity contribution in [3.63, 3.8) is 0 Å². The van der Waals surface area contributed by atoms with Crippen molar-refractivity contribution in [3.8, 4) is 0 Å². The molecule has 96 valence electrons. The first-order chi connectivity index (χ1) is 7.49. The standard InChI is InChI=1S/C12H27N3O/c1-12(2,3)15-7-5-14(6-8-15)11(9-13)10-16-4/h11H,5-10,13H2,1-4H3. The van der Waals surface area contributed by atoms with Gasteiger partial charge in [-0.15, -0.1) is 0 Å². The second-order valence-corrected chi connectivity index (χ2v) is 5.54. The molecule has 0 saturated carbocycles. The van der Waals surface area contributed by atoms with Crippen LogP contribution in [0.4, 0.5) is 0 Å². The summed E-state index contributed by atoms with van der Waals surface area (Å²) in [5, 5.41) is 0. The maximum Gasteiger partial charge on any atom is 0.0630 e. The molecular formula is C12H27N3O. The summed E-state index contributed by atoms with van der Waals surface area (Å²) < 4.78 is 5.21. The van der Waals surface area contributed by atoms with Crippen molar-refractivity contribution >= 4 is 0 Å². The zero-order valence-corrected chi connectivity index (χ0v) is 11.2. The summed E-state index contributed by atoms with van der Waals surface area (Å²) in [6.45, 7) is 12.7. The Labute approximate surface area is 99.7 Å². The van der Waals surface area contributed by atoms with Gasteiger partial charge in [-0.3, -0.25) is 9.80 Å². The first-order valence-corrected chi connectivity index (χ1v) is 6.17. The van der Waals surface area contributed by atoms with Crippen molar-refractivity contribution in [2.45, 2.75) is 32.4 Å². The number of nitrogens with zero attached hydrogens (tertiary/aromatic N) is 2. The Morgan fingerprint density at radius 3 is 2.12 bits per heavy atom. The van der Waals surface area contributed by atoms with Gasteiger partial charge in [0.25, 0.3) is 0 Å². The lowest BCUT2D eigenvalue weighted by Gasteiger charge is -2.44. The van der Waals surface area contributed by atoms with Gasteiger partial charge >= 0.3 is 0 Å². The van der Waals surface area contributed by atoms with E-state index in [0.29, 0.717) is 12.6 Å². The van der Waals surface area contributed by atoms with Gasteiger partial charge in [-0.2, -0.15) is 0 Å². The topological polar surface area (TPSA) is 41.7 Å². The molecule has 0 bridgehead atoms. The van der Waals surface area contributed by atoms with Crippen LogP contribution in [0, 0.1) is 0 Å². The van der Waals surface area contributed by atoms with E-state index in [-0.39, 0.29) is 5.54 Å². The van der Waals surface area contributed by atoms with Crippen molar-refractivity contribution in [1.82, 2.24) is 9.80 Å². The summed E-state index contributed by atoms with van der Waals surface area (Å²) in [4.78, 5) is 4.98. The smallest absolute Gasteiger partial charge is 0.0630 e. The number of piperazine rings is 1. The van der Waals surface area contributed by atoms with E-state index in [1.54, 1.807) is 7.11 Å². The fourth-order valence-corrected chi connectivity index (χ4v) is 2.27. The molecule has 1 atom stereocenters. The quantitative estimate of drug-likeness (QED) is 0.756. The summed E-state index contributed by atoms with van der Waals surface area (Å²) >= 11 is 0. The average Bonchev–Trinajstić information content (AvgIpc) is 2.25. The van der Waals surface area contributed by atoms with E-state index < -0.39 is 0 Å². The molecule has 4 heteroatoms. The minimum absolute atomic E-state index is 0.283. The van der Waals surface area contributed by atoms with Crippen LogP contribution in [0.3, 0.4) is 0 Å². The molecule has 1 fully saturated rings. The molecule has 16 heavy (non-hydrogen) atoms. The highest BCUT2D eigenvalue weighted by molar-refractivity contribution is 4.84. The van der Waals surface area contributed by atoms with Crippen LogP contribution in [0.25, 0.3) is 0 Å². The number of hydrogen-bond donors (Lipinski definition) is 1. The van der Waals surface area contributed by atoms with E-state index in [1.807, 2.05) is 0 Å². The number of hydrogen-bond acceptors (Lipinski definition) is 4. The van der Waals surface area contributed by atoms with Gasteiger partial charge in [-0.25, -0.2) is 0 Å². The minimum atomic E-state index is 0.283. The SMILES string of the molecule is COCC(CN)N1CCN(C(C)(C)C)CC1. The molecule has 0 aromatic heterocycles. The van der Waals surface area contributed by atoms with Gasteiger partial charge in [0.2, 0.25) is 0 Å². The predicted molar refractivity (Wildman–Crippen MR) is 67.6 cm³/mol. The molecule has 1 rings (SSSR count). The Kier molecular flexibility index (Phi) is 5.18. The highest BCUT2D eigenvalue weighted by atomic mass is 16.5. The molecule has 0 radical (unpaired) electrons. The van der Waals surface area contributed by atoms with Crippen molar-refractivity contribution in [3.05, 3.63) is 0 Å². The van der Waals surface area contributed by atoms with E-state index in [4.69, 9.17) is 10.5 Å².